The van der Waals surface area contributed by atoms with E-state index in [0.717, 1.165) is 4.90 Å². The van der Waals surface area contributed by atoms with Gasteiger partial charge in [-0.25, -0.2) is 0 Å². The highest BCUT2D eigenvalue weighted by atomic mass is 79.9. The Morgan fingerprint density at radius 3 is 2.13 bits per heavy atom. The molecule has 0 aliphatic carbocycles. The Labute approximate surface area is 95.9 Å². The third kappa shape index (κ3) is 5.39. The summed E-state index contributed by atoms with van der Waals surface area (Å²) in [6.07, 6.45) is -4.34. The molecule has 0 saturated carbocycles. The number of halogens is 4. The van der Waals surface area contributed by atoms with Crippen molar-refractivity contribution in [2.75, 3.05) is 13.1 Å². The minimum atomic E-state index is -4.34. The lowest BCUT2D eigenvalue weighted by Gasteiger charge is -2.26. The molecule has 0 N–H and O–H groups in total. The van der Waals surface area contributed by atoms with E-state index in [9.17, 15) is 18.0 Å². The Bertz CT molecular complexity index is 218. The number of hydrogen-bond acceptors (Lipinski definition) is 1. The monoisotopic (exact) mass is 289 g/mol. The molecular weight excluding hydrogens is 275 g/mol. The molecule has 0 fully saturated rings. The second-order valence-electron chi connectivity index (χ2n) is 3.61. The summed E-state index contributed by atoms with van der Waals surface area (Å²) in [5.41, 5.74) is 0. The number of hydrogen-bond donors (Lipinski definition) is 0. The summed E-state index contributed by atoms with van der Waals surface area (Å²) in [5, 5.41) is 0. The minimum Gasteiger partial charge on any atom is -0.333 e. The van der Waals surface area contributed by atoms with E-state index in [1.165, 1.54) is 6.92 Å². The first-order valence-corrected chi connectivity index (χ1v) is 5.60. The first-order chi connectivity index (χ1) is 6.69. The summed E-state index contributed by atoms with van der Waals surface area (Å²) < 4.78 is 36.3. The van der Waals surface area contributed by atoms with E-state index in [0.29, 0.717) is 0 Å². The van der Waals surface area contributed by atoms with Crippen LogP contribution in [0.5, 0.6) is 0 Å². The quantitative estimate of drug-likeness (QED) is 0.729. The molecule has 2 nitrogen and oxygen atoms in total. The maximum atomic E-state index is 12.1. The normalized spacial score (nSPS) is 14.1. The zero-order valence-corrected chi connectivity index (χ0v) is 10.5. The van der Waals surface area contributed by atoms with Crippen molar-refractivity contribution in [3.8, 4) is 0 Å². The van der Waals surface area contributed by atoms with Gasteiger partial charge in [-0.05, 0) is 12.8 Å². The van der Waals surface area contributed by atoms with Gasteiger partial charge >= 0.3 is 6.18 Å². The number of amides is 1. The van der Waals surface area contributed by atoms with E-state index >= 15 is 0 Å². The van der Waals surface area contributed by atoms with Crippen LogP contribution in [0.15, 0.2) is 0 Å². The van der Waals surface area contributed by atoms with Crippen molar-refractivity contribution in [1.82, 2.24) is 4.90 Å². The Kier molecular flexibility index (Phi) is 5.62. The second-order valence-corrected chi connectivity index (χ2v) is 4.60. The highest BCUT2D eigenvalue weighted by molar-refractivity contribution is 9.10. The van der Waals surface area contributed by atoms with Gasteiger partial charge in [0.1, 0.15) is 6.54 Å². The molecule has 0 heterocycles. The van der Waals surface area contributed by atoms with Gasteiger partial charge < -0.3 is 4.90 Å². The fourth-order valence-corrected chi connectivity index (χ4v) is 1.31. The largest absolute Gasteiger partial charge is 0.406 e. The van der Waals surface area contributed by atoms with Crippen LogP contribution in [0.25, 0.3) is 0 Å². The third-order valence-electron chi connectivity index (χ3n) is 1.88. The van der Waals surface area contributed by atoms with E-state index in [1.54, 1.807) is 13.8 Å². The zero-order chi connectivity index (χ0) is 12.2. The Morgan fingerprint density at radius 1 is 1.40 bits per heavy atom. The molecule has 0 radical (unpaired) electrons. The van der Waals surface area contributed by atoms with Crippen molar-refractivity contribution in [1.29, 1.82) is 0 Å². The molecule has 0 spiro atoms. The lowest BCUT2D eigenvalue weighted by molar-refractivity contribution is -0.160. The van der Waals surface area contributed by atoms with Crippen molar-refractivity contribution >= 4 is 21.8 Å². The number of carbonyl (C=O) groups is 1. The molecule has 0 aromatic heterocycles. The van der Waals surface area contributed by atoms with E-state index in [2.05, 4.69) is 15.9 Å². The van der Waals surface area contributed by atoms with Gasteiger partial charge in [0.05, 0.1) is 4.83 Å². The van der Waals surface area contributed by atoms with Crippen molar-refractivity contribution in [3.05, 3.63) is 0 Å². The van der Waals surface area contributed by atoms with Crippen LogP contribution in [0.1, 0.15) is 20.8 Å². The average Bonchev–Trinajstić information content (AvgIpc) is 2.10. The Morgan fingerprint density at radius 2 is 1.87 bits per heavy atom. The number of alkyl halides is 4. The van der Waals surface area contributed by atoms with Crippen molar-refractivity contribution in [3.63, 3.8) is 0 Å². The van der Waals surface area contributed by atoms with Crippen LogP contribution in [-0.4, -0.2) is 34.9 Å². The topological polar surface area (TPSA) is 20.3 Å². The van der Waals surface area contributed by atoms with Crippen LogP contribution in [0.4, 0.5) is 13.2 Å². The Hall–Kier alpha value is -0.260. The molecule has 0 aromatic carbocycles. The van der Waals surface area contributed by atoms with Gasteiger partial charge in [0.25, 0.3) is 0 Å². The standard InChI is InChI=1S/C9H15BrF3NO/c1-4-14(5-9(11,12)13)8(15)7(10)6(2)3/h6-7H,4-5H2,1-3H3. The van der Waals surface area contributed by atoms with Crippen molar-refractivity contribution in [2.24, 2.45) is 5.92 Å². The summed E-state index contributed by atoms with van der Waals surface area (Å²) in [6.45, 7) is 3.96. The first-order valence-electron chi connectivity index (χ1n) is 4.68. The number of carbonyl (C=O) groups excluding carboxylic acids is 1. The fraction of sp³-hybridized carbons (Fsp3) is 0.889. The maximum Gasteiger partial charge on any atom is 0.406 e. The average molecular weight is 290 g/mol. The molecule has 1 unspecified atom stereocenters. The lowest BCUT2D eigenvalue weighted by Crippen LogP contribution is -2.43. The molecule has 0 aliphatic heterocycles. The molecule has 0 aromatic rings. The van der Waals surface area contributed by atoms with Crippen LogP contribution in [0.2, 0.25) is 0 Å². The highest BCUT2D eigenvalue weighted by Crippen LogP contribution is 2.20. The van der Waals surface area contributed by atoms with Gasteiger partial charge in [0.2, 0.25) is 5.91 Å². The maximum absolute atomic E-state index is 12.1. The molecule has 0 saturated heterocycles. The molecule has 0 rings (SSSR count). The van der Waals surface area contributed by atoms with Crippen LogP contribution in [0, 0.1) is 5.92 Å². The van der Waals surface area contributed by atoms with Gasteiger partial charge in [-0.2, -0.15) is 13.2 Å². The molecular formula is C9H15BrF3NO. The molecule has 0 bridgehead atoms. The molecule has 90 valence electrons. The van der Waals surface area contributed by atoms with Gasteiger partial charge in [0, 0.05) is 6.54 Å². The number of nitrogens with zero attached hydrogens (tertiary/aromatic N) is 1. The number of rotatable bonds is 4. The second kappa shape index (κ2) is 5.72. The van der Waals surface area contributed by atoms with E-state index in [-0.39, 0.29) is 12.5 Å². The summed E-state index contributed by atoms with van der Waals surface area (Å²) in [5.74, 6) is -0.537. The summed E-state index contributed by atoms with van der Waals surface area (Å²) in [4.78, 5) is 11.8. The van der Waals surface area contributed by atoms with Gasteiger partial charge in [-0.15, -0.1) is 0 Å². The summed E-state index contributed by atoms with van der Waals surface area (Å²) in [6, 6.07) is 0. The predicted molar refractivity (Wildman–Crippen MR) is 55.9 cm³/mol. The van der Waals surface area contributed by atoms with Gasteiger partial charge in [-0.1, -0.05) is 29.8 Å². The zero-order valence-electron chi connectivity index (χ0n) is 8.94. The van der Waals surface area contributed by atoms with Crippen LogP contribution in [-0.2, 0) is 4.79 Å². The summed E-state index contributed by atoms with van der Waals surface area (Å²) >= 11 is 3.10. The fourth-order valence-electron chi connectivity index (χ4n) is 1.02. The smallest absolute Gasteiger partial charge is 0.333 e. The van der Waals surface area contributed by atoms with Gasteiger partial charge in [0.15, 0.2) is 0 Å². The molecule has 1 amide bonds. The van der Waals surface area contributed by atoms with E-state index in [1.807, 2.05) is 0 Å². The first kappa shape index (κ1) is 14.7. The molecule has 0 aliphatic rings. The van der Waals surface area contributed by atoms with E-state index in [4.69, 9.17) is 0 Å². The molecule has 1 atom stereocenters. The summed E-state index contributed by atoms with van der Waals surface area (Å²) in [7, 11) is 0. The molecule has 15 heavy (non-hydrogen) atoms. The van der Waals surface area contributed by atoms with Gasteiger partial charge in [-0.3, -0.25) is 4.79 Å². The molecule has 6 heteroatoms. The SMILES string of the molecule is CCN(CC(F)(F)F)C(=O)C(Br)C(C)C. The Balaban J connectivity index is 4.48. The van der Waals surface area contributed by atoms with E-state index < -0.39 is 23.5 Å². The van der Waals surface area contributed by atoms with Crippen molar-refractivity contribution in [2.45, 2.75) is 31.8 Å². The highest BCUT2D eigenvalue weighted by Gasteiger charge is 2.34. The van der Waals surface area contributed by atoms with Crippen molar-refractivity contribution < 1.29 is 18.0 Å². The minimum absolute atomic E-state index is 0.0280. The van der Waals surface area contributed by atoms with Crippen LogP contribution >= 0.6 is 15.9 Å². The predicted octanol–water partition coefficient (Wildman–Crippen LogP) is 2.82. The van der Waals surface area contributed by atoms with Crippen LogP contribution < -0.4 is 0 Å². The van der Waals surface area contributed by atoms with Crippen LogP contribution in [0.3, 0.4) is 0 Å². The lowest BCUT2D eigenvalue weighted by atomic mass is 10.1. The third-order valence-corrected chi connectivity index (χ3v) is 3.33.